The Morgan fingerprint density at radius 1 is 1.47 bits per heavy atom. The van der Waals surface area contributed by atoms with Gasteiger partial charge in [-0.2, -0.15) is 0 Å². The Bertz CT molecular complexity index is 402. The molecule has 0 atom stereocenters. The Hall–Kier alpha value is -1.28. The number of amides is 1. The highest BCUT2D eigenvalue weighted by Gasteiger charge is 2.18. The Labute approximate surface area is 103 Å². The van der Waals surface area contributed by atoms with Gasteiger partial charge in [0.2, 0.25) is 11.9 Å². The third kappa shape index (κ3) is 2.89. The van der Waals surface area contributed by atoms with Crippen molar-refractivity contribution in [3.05, 3.63) is 0 Å². The topological polar surface area (TPSA) is 86.3 Å². The molecule has 1 aliphatic rings. The number of morpholine rings is 1. The minimum absolute atomic E-state index is 0.217. The molecule has 0 aromatic carbocycles. The summed E-state index contributed by atoms with van der Waals surface area (Å²) in [5.74, 6) is 0.668. The van der Waals surface area contributed by atoms with Gasteiger partial charge in [-0.25, -0.2) is 0 Å². The van der Waals surface area contributed by atoms with E-state index in [1.165, 1.54) is 11.8 Å². The molecule has 0 spiro atoms. The largest absolute Gasteiger partial charge is 0.378 e. The second-order valence-corrected chi connectivity index (χ2v) is 4.64. The van der Waals surface area contributed by atoms with E-state index in [1.807, 2.05) is 11.6 Å². The average Bonchev–Trinajstić information content (AvgIpc) is 2.69. The van der Waals surface area contributed by atoms with Crippen molar-refractivity contribution >= 4 is 23.6 Å². The van der Waals surface area contributed by atoms with Gasteiger partial charge < -0.3 is 15.4 Å². The van der Waals surface area contributed by atoms with Crippen LogP contribution in [0, 0.1) is 0 Å². The number of nitrogens with zero attached hydrogens (tertiary/aromatic N) is 4. The molecule has 1 aromatic heterocycles. The number of hydrogen-bond acceptors (Lipinski definition) is 6. The van der Waals surface area contributed by atoms with Crippen molar-refractivity contribution < 1.29 is 9.53 Å². The van der Waals surface area contributed by atoms with Gasteiger partial charge in [-0.3, -0.25) is 9.36 Å². The van der Waals surface area contributed by atoms with Crippen LogP contribution in [0.3, 0.4) is 0 Å². The maximum atomic E-state index is 10.7. The van der Waals surface area contributed by atoms with E-state index in [9.17, 15) is 4.79 Å². The van der Waals surface area contributed by atoms with Crippen LogP contribution in [0.2, 0.25) is 0 Å². The second-order valence-electron chi connectivity index (χ2n) is 3.70. The summed E-state index contributed by atoms with van der Waals surface area (Å²) >= 11 is 1.30. The van der Waals surface area contributed by atoms with Gasteiger partial charge in [0.15, 0.2) is 5.16 Å². The van der Waals surface area contributed by atoms with E-state index in [-0.39, 0.29) is 11.7 Å². The van der Waals surface area contributed by atoms with Crippen molar-refractivity contribution in [1.82, 2.24) is 14.8 Å². The molecule has 1 fully saturated rings. The second kappa shape index (κ2) is 5.37. The van der Waals surface area contributed by atoms with E-state index in [0.717, 1.165) is 19.0 Å². The van der Waals surface area contributed by atoms with E-state index in [0.29, 0.717) is 18.4 Å². The number of thioether (sulfide) groups is 1. The van der Waals surface area contributed by atoms with E-state index in [1.54, 1.807) is 0 Å². The molecule has 0 unspecified atom stereocenters. The number of ether oxygens (including phenoxy) is 1. The first-order valence-electron chi connectivity index (χ1n) is 5.31. The van der Waals surface area contributed by atoms with Gasteiger partial charge in [0, 0.05) is 20.1 Å². The predicted octanol–water partition coefficient (Wildman–Crippen LogP) is -0.771. The standard InChI is InChI=1S/C9H15N5O2S/c1-13-8(14-2-4-16-5-3-14)11-12-9(13)17-6-7(10)15/h2-6H2,1H3,(H2,10,15). The zero-order chi connectivity index (χ0) is 12.3. The maximum Gasteiger partial charge on any atom is 0.227 e. The van der Waals surface area contributed by atoms with Crippen LogP contribution in [-0.4, -0.2) is 52.7 Å². The van der Waals surface area contributed by atoms with Crippen LogP contribution >= 0.6 is 11.8 Å². The molecule has 2 N–H and O–H groups in total. The average molecular weight is 257 g/mol. The Kier molecular flexibility index (Phi) is 3.85. The summed E-state index contributed by atoms with van der Waals surface area (Å²) in [5.41, 5.74) is 5.10. The Balaban J connectivity index is 2.05. The first-order valence-corrected chi connectivity index (χ1v) is 6.30. The number of anilines is 1. The molecule has 0 aliphatic carbocycles. The van der Waals surface area contributed by atoms with Crippen LogP contribution in [0.1, 0.15) is 0 Å². The molecule has 7 nitrogen and oxygen atoms in total. The molecule has 0 radical (unpaired) electrons. The van der Waals surface area contributed by atoms with Gasteiger partial charge in [-0.15, -0.1) is 10.2 Å². The first-order chi connectivity index (χ1) is 8.18. The monoisotopic (exact) mass is 257 g/mol. The third-order valence-corrected chi connectivity index (χ3v) is 3.49. The van der Waals surface area contributed by atoms with Gasteiger partial charge in [0.25, 0.3) is 0 Å². The third-order valence-electron chi connectivity index (χ3n) is 2.45. The molecule has 0 saturated carbocycles. The van der Waals surface area contributed by atoms with Crippen molar-refractivity contribution in [2.45, 2.75) is 5.16 Å². The fraction of sp³-hybridized carbons (Fsp3) is 0.667. The fourth-order valence-corrected chi connectivity index (χ4v) is 2.25. The molecule has 17 heavy (non-hydrogen) atoms. The lowest BCUT2D eigenvalue weighted by atomic mass is 10.4. The number of rotatable bonds is 4. The van der Waals surface area contributed by atoms with Crippen molar-refractivity contribution in [2.75, 3.05) is 37.0 Å². The zero-order valence-corrected chi connectivity index (χ0v) is 10.4. The Morgan fingerprint density at radius 3 is 2.82 bits per heavy atom. The highest BCUT2D eigenvalue weighted by Crippen LogP contribution is 2.20. The number of carbonyl (C=O) groups excluding carboxylic acids is 1. The number of hydrogen-bond donors (Lipinski definition) is 1. The molecule has 2 rings (SSSR count). The van der Waals surface area contributed by atoms with Gasteiger partial charge in [0.1, 0.15) is 0 Å². The maximum absolute atomic E-state index is 10.7. The van der Waals surface area contributed by atoms with Crippen molar-refractivity contribution in [3.8, 4) is 0 Å². The molecule has 2 heterocycles. The van der Waals surface area contributed by atoms with Crippen molar-refractivity contribution in [1.29, 1.82) is 0 Å². The van der Waals surface area contributed by atoms with Crippen LogP contribution < -0.4 is 10.6 Å². The van der Waals surface area contributed by atoms with Gasteiger partial charge in [-0.1, -0.05) is 11.8 Å². The normalized spacial score (nSPS) is 16.2. The summed E-state index contributed by atoms with van der Waals surface area (Å²) in [7, 11) is 1.88. The van der Waals surface area contributed by atoms with Crippen LogP contribution in [0.15, 0.2) is 5.16 Å². The summed E-state index contributed by atoms with van der Waals surface area (Å²) in [5, 5.41) is 8.88. The molecule has 94 valence electrons. The smallest absolute Gasteiger partial charge is 0.227 e. The van der Waals surface area contributed by atoms with E-state index >= 15 is 0 Å². The lowest BCUT2D eigenvalue weighted by molar-refractivity contribution is -0.115. The molecular weight excluding hydrogens is 242 g/mol. The van der Waals surface area contributed by atoms with Crippen molar-refractivity contribution in [2.24, 2.45) is 12.8 Å². The number of carbonyl (C=O) groups is 1. The number of nitrogens with two attached hydrogens (primary N) is 1. The SMILES string of the molecule is Cn1c(SCC(N)=O)nnc1N1CCOCC1. The van der Waals surface area contributed by atoms with Gasteiger partial charge >= 0.3 is 0 Å². The van der Waals surface area contributed by atoms with Crippen LogP contribution in [0.4, 0.5) is 5.95 Å². The molecule has 1 aromatic rings. The summed E-state index contributed by atoms with van der Waals surface area (Å²) in [4.78, 5) is 12.8. The quantitative estimate of drug-likeness (QED) is 0.713. The Morgan fingerprint density at radius 2 is 2.18 bits per heavy atom. The first kappa shape index (κ1) is 12.2. The lowest BCUT2D eigenvalue weighted by Gasteiger charge is -2.27. The number of aromatic nitrogens is 3. The number of primary amides is 1. The zero-order valence-electron chi connectivity index (χ0n) is 9.63. The van der Waals surface area contributed by atoms with Gasteiger partial charge in [-0.05, 0) is 0 Å². The molecule has 1 saturated heterocycles. The molecule has 8 heteroatoms. The van der Waals surface area contributed by atoms with E-state index in [4.69, 9.17) is 10.5 Å². The highest BCUT2D eigenvalue weighted by molar-refractivity contribution is 7.99. The summed E-state index contributed by atoms with van der Waals surface area (Å²) in [6.45, 7) is 3.03. The molecule has 1 amide bonds. The minimum atomic E-state index is -0.356. The highest BCUT2D eigenvalue weighted by atomic mass is 32.2. The van der Waals surface area contributed by atoms with Gasteiger partial charge in [0.05, 0.1) is 19.0 Å². The minimum Gasteiger partial charge on any atom is -0.378 e. The molecular formula is C9H15N5O2S. The summed E-state index contributed by atoms with van der Waals surface area (Å²) < 4.78 is 7.16. The lowest BCUT2D eigenvalue weighted by Crippen LogP contribution is -2.37. The van der Waals surface area contributed by atoms with Crippen LogP contribution in [0.25, 0.3) is 0 Å². The van der Waals surface area contributed by atoms with Crippen LogP contribution in [0.5, 0.6) is 0 Å². The summed E-state index contributed by atoms with van der Waals surface area (Å²) in [6, 6.07) is 0. The predicted molar refractivity (Wildman–Crippen MR) is 64.0 cm³/mol. The van der Waals surface area contributed by atoms with Crippen molar-refractivity contribution in [3.63, 3.8) is 0 Å². The molecule has 0 bridgehead atoms. The van der Waals surface area contributed by atoms with E-state index < -0.39 is 0 Å². The fourth-order valence-electron chi connectivity index (χ4n) is 1.61. The molecule has 1 aliphatic heterocycles. The summed E-state index contributed by atoms with van der Waals surface area (Å²) in [6.07, 6.45) is 0. The van der Waals surface area contributed by atoms with E-state index in [2.05, 4.69) is 15.1 Å². The van der Waals surface area contributed by atoms with Crippen LogP contribution in [-0.2, 0) is 16.6 Å².